The second-order valence-corrected chi connectivity index (χ2v) is 7.84. The number of likely N-dealkylation sites (N-methyl/N-ethyl adjacent to an activating group) is 1. The predicted octanol–water partition coefficient (Wildman–Crippen LogP) is 3.85. The standard InChI is InChI=1S/C17H18ClF2NO3S/c1-21(10-11-24-15-6-4-14(18)5-7-15)12-13-2-8-16(9-3-13)25(22,23)17(19)20/h2-9,17H,10-12H2,1H3. The average Bonchev–Trinajstić information content (AvgIpc) is 2.57. The Morgan fingerprint density at radius 1 is 1.08 bits per heavy atom. The zero-order chi connectivity index (χ0) is 18.4. The minimum Gasteiger partial charge on any atom is -0.492 e. The molecule has 0 atom stereocenters. The van der Waals surface area contributed by atoms with E-state index in [0.29, 0.717) is 24.7 Å². The molecule has 8 heteroatoms. The monoisotopic (exact) mass is 389 g/mol. The molecule has 0 radical (unpaired) electrons. The molecule has 0 heterocycles. The second-order valence-electron chi connectivity index (χ2n) is 5.49. The van der Waals surface area contributed by atoms with Gasteiger partial charge in [-0.05, 0) is 49.0 Å². The highest BCUT2D eigenvalue weighted by Crippen LogP contribution is 2.19. The van der Waals surface area contributed by atoms with Gasteiger partial charge in [0.05, 0.1) is 4.90 Å². The Bertz CT molecular complexity index is 781. The third-order valence-corrected chi connectivity index (χ3v) is 5.14. The number of benzene rings is 2. The maximum atomic E-state index is 12.5. The van der Waals surface area contributed by atoms with Crippen molar-refractivity contribution in [2.45, 2.75) is 17.2 Å². The number of hydrogen-bond donors (Lipinski definition) is 0. The smallest absolute Gasteiger partial charge is 0.341 e. The zero-order valence-corrected chi connectivity index (χ0v) is 15.1. The lowest BCUT2D eigenvalue weighted by atomic mass is 10.2. The van der Waals surface area contributed by atoms with Crippen LogP contribution in [0.4, 0.5) is 8.78 Å². The van der Waals surface area contributed by atoms with Crippen LogP contribution in [0.3, 0.4) is 0 Å². The summed E-state index contributed by atoms with van der Waals surface area (Å²) in [5, 5.41) is 0.641. The van der Waals surface area contributed by atoms with Crippen LogP contribution in [0.1, 0.15) is 5.56 Å². The summed E-state index contributed by atoms with van der Waals surface area (Å²) in [5.74, 6) is -2.69. The molecule has 0 N–H and O–H groups in total. The molecule has 0 saturated carbocycles. The molecule has 0 aliphatic rings. The van der Waals surface area contributed by atoms with Crippen LogP contribution >= 0.6 is 11.6 Å². The van der Waals surface area contributed by atoms with E-state index in [1.54, 1.807) is 24.3 Å². The third-order valence-electron chi connectivity index (χ3n) is 3.49. The molecule has 0 bridgehead atoms. The van der Waals surface area contributed by atoms with Gasteiger partial charge in [0, 0.05) is 18.1 Å². The fourth-order valence-corrected chi connectivity index (χ4v) is 2.98. The first-order valence-electron chi connectivity index (χ1n) is 7.47. The number of sulfone groups is 1. The van der Waals surface area contributed by atoms with Gasteiger partial charge in [-0.15, -0.1) is 0 Å². The van der Waals surface area contributed by atoms with Gasteiger partial charge in [-0.1, -0.05) is 23.7 Å². The van der Waals surface area contributed by atoms with E-state index >= 15 is 0 Å². The van der Waals surface area contributed by atoms with E-state index in [-0.39, 0.29) is 4.90 Å². The molecule has 25 heavy (non-hydrogen) atoms. The van der Waals surface area contributed by atoms with E-state index in [4.69, 9.17) is 16.3 Å². The molecule has 2 aromatic carbocycles. The summed E-state index contributed by atoms with van der Waals surface area (Å²) in [6.07, 6.45) is 0. The lowest BCUT2D eigenvalue weighted by molar-refractivity contribution is 0.232. The molecule has 0 aliphatic carbocycles. The van der Waals surface area contributed by atoms with Crippen molar-refractivity contribution in [2.75, 3.05) is 20.2 Å². The molecule has 0 aromatic heterocycles. The molecule has 2 aromatic rings. The van der Waals surface area contributed by atoms with Gasteiger partial charge in [-0.3, -0.25) is 4.90 Å². The van der Waals surface area contributed by atoms with Gasteiger partial charge >= 0.3 is 5.76 Å². The van der Waals surface area contributed by atoms with E-state index in [0.717, 1.165) is 11.3 Å². The summed E-state index contributed by atoms with van der Waals surface area (Å²) in [7, 11) is -2.66. The van der Waals surface area contributed by atoms with E-state index in [1.807, 2.05) is 11.9 Å². The molecule has 0 unspecified atom stereocenters. The van der Waals surface area contributed by atoms with E-state index in [2.05, 4.69) is 0 Å². The molecule has 0 amide bonds. The van der Waals surface area contributed by atoms with Crippen molar-refractivity contribution >= 4 is 21.4 Å². The van der Waals surface area contributed by atoms with Crippen LogP contribution in [0, 0.1) is 0 Å². The summed E-state index contributed by atoms with van der Waals surface area (Å²) in [6.45, 7) is 1.65. The van der Waals surface area contributed by atoms with E-state index in [1.165, 1.54) is 24.3 Å². The van der Waals surface area contributed by atoms with E-state index in [9.17, 15) is 17.2 Å². The number of nitrogens with zero attached hydrogens (tertiary/aromatic N) is 1. The highest BCUT2D eigenvalue weighted by atomic mass is 35.5. The summed E-state index contributed by atoms with van der Waals surface area (Å²) in [4.78, 5) is 1.60. The van der Waals surface area contributed by atoms with Crippen LogP contribution in [-0.2, 0) is 16.4 Å². The number of alkyl halides is 2. The number of ether oxygens (including phenoxy) is 1. The molecular formula is C17H18ClF2NO3S. The molecule has 2 rings (SSSR count). The minimum atomic E-state index is -4.55. The van der Waals surface area contributed by atoms with Crippen molar-refractivity contribution in [1.29, 1.82) is 0 Å². The maximum Gasteiger partial charge on any atom is 0.341 e. The summed E-state index contributed by atoms with van der Waals surface area (Å²) >= 11 is 5.80. The Kier molecular flexibility index (Phi) is 6.75. The first kappa shape index (κ1) is 19.6. The van der Waals surface area contributed by atoms with Gasteiger partial charge in [-0.25, -0.2) is 8.42 Å². The Labute approximate surface area is 150 Å². The topological polar surface area (TPSA) is 46.6 Å². The van der Waals surface area contributed by atoms with Crippen LogP contribution in [0.25, 0.3) is 0 Å². The molecule has 0 saturated heterocycles. The van der Waals surface area contributed by atoms with Gasteiger partial charge in [-0.2, -0.15) is 8.78 Å². The Balaban J connectivity index is 1.84. The molecule has 0 fully saturated rings. The molecule has 0 spiro atoms. The normalized spacial score (nSPS) is 11.9. The quantitative estimate of drug-likeness (QED) is 0.688. The van der Waals surface area contributed by atoms with Gasteiger partial charge in [0.15, 0.2) is 0 Å². The highest BCUT2D eigenvalue weighted by molar-refractivity contribution is 7.91. The molecule has 136 valence electrons. The lowest BCUT2D eigenvalue weighted by Gasteiger charge is -2.17. The maximum absolute atomic E-state index is 12.5. The largest absolute Gasteiger partial charge is 0.492 e. The van der Waals surface area contributed by atoms with Crippen LogP contribution in [-0.4, -0.2) is 39.3 Å². The van der Waals surface area contributed by atoms with Gasteiger partial charge in [0.1, 0.15) is 12.4 Å². The SMILES string of the molecule is CN(CCOc1ccc(Cl)cc1)Cc1ccc(S(=O)(=O)C(F)F)cc1. The third kappa shape index (κ3) is 5.66. The average molecular weight is 390 g/mol. The fraction of sp³-hybridized carbons (Fsp3) is 0.294. The minimum absolute atomic E-state index is 0.375. The summed E-state index contributed by atoms with van der Waals surface area (Å²) in [5.41, 5.74) is 0.821. The zero-order valence-electron chi connectivity index (χ0n) is 13.5. The van der Waals surface area contributed by atoms with Gasteiger partial charge < -0.3 is 4.74 Å². The first-order chi connectivity index (χ1) is 11.8. The Morgan fingerprint density at radius 2 is 1.68 bits per heavy atom. The van der Waals surface area contributed by atoms with Crippen molar-refractivity contribution in [1.82, 2.24) is 4.90 Å². The predicted molar refractivity (Wildman–Crippen MR) is 92.9 cm³/mol. The van der Waals surface area contributed by atoms with Gasteiger partial charge in [0.25, 0.3) is 0 Å². The summed E-state index contributed by atoms with van der Waals surface area (Å²) < 4.78 is 53.3. The molecular weight excluding hydrogens is 372 g/mol. The fourth-order valence-electron chi connectivity index (χ4n) is 2.13. The van der Waals surface area contributed by atoms with Crippen molar-refractivity contribution < 1.29 is 21.9 Å². The number of halogens is 3. The van der Waals surface area contributed by atoms with Crippen LogP contribution in [0.2, 0.25) is 5.02 Å². The molecule has 0 aliphatic heterocycles. The van der Waals surface area contributed by atoms with Crippen molar-refractivity contribution in [3.8, 4) is 5.75 Å². The Hall–Kier alpha value is -1.70. The highest BCUT2D eigenvalue weighted by Gasteiger charge is 2.26. The number of rotatable bonds is 8. The van der Waals surface area contributed by atoms with Crippen molar-refractivity contribution in [3.05, 3.63) is 59.1 Å². The Morgan fingerprint density at radius 3 is 2.24 bits per heavy atom. The lowest BCUT2D eigenvalue weighted by Crippen LogP contribution is -2.23. The second kappa shape index (κ2) is 8.60. The summed E-state index contributed by atoms with van der Waals surface area (Å²) in [6, 6.07) is 12.5. The van der Waals surface area contributed by atoms with Crippen molar-refractivity contribution in [3.63, 3.8) is 0 Å². The van der Waals surface area contributed by atoms with Gasteiger partial charge in [0.2, 0.25) is 9.84 Å². The number of hydrogen-bond acceptors (Lipinski definition) is 4. The van der Waals surface area contributed by atoms with Crippen LogP contribution < -0.4 is 4.74 Å². The van der Waals surface area contributed by atoms with Crippen LogP contribution in [0.15, 0.2) is 53.4 Å². The molecule has 4 nitrogen and oxygen atoms in total. The van der Waals surface area contributed by atoms with E-state index < -0.39 is 15.6 Å². The van der Waals surface area contributed by atoms with Crippen LogP contribution in [0.5, 0.6) is 5.75 Å². The van der Waals surface area contributed by atoms with Crippen molar-refractivity contribution in [2.24, 2.45) is 0 Å². The first-order valence-corrected chi connectivity index (χ1v) is 9.39.